The zero-order chi connectivity index (χ0) is 9.52. The van der Waals surface area contributed by atoms with Crippen LogP contribution in [0, 0.1) is 5.92 Å². The predicted octanol–water partition coefficient (Wildman–Crippen LogP) is 0.694. The van der Waals surface area contributed by atoms with E-state index in [1.165, 1.54) is 25.9 Å². The molecule has 0 aromatic heterocycles. The summed E-state index contributed by atoms with van der Waals surface area (Å²) >= 11 is 0. The van der Waals surface area contributed by atoms with Crippen LogP contribution >= 0.6 is 0 Å². The Morgan fingerprint density at radius 2 is 2.15 bits per heavy atom. The summed E-state index contributed by atoms with van der Waals surface area (Å²) in [5.41, 5.74) is 5.53. The number of ether oxygens (including phenoxy) is 1. The molecule has 0 saturated carbocycles. The van der Waals surface area contributed by atoms with Gasteiger partial charge in [0.15, 0.2) is 0 Å². The Balaban J connectivity index is 1.80. The summed E-state index contributed by atoms with van der Waals surface area (Å²) in [6.07, 6.45) is 2.41. The average Bonchev–Trinajstić information content (AvgIpc) is 2.08. The first kappa shape index (κ1) is 11.0. The maximum Gasteiger partial charge on any atom is 0.0593 e. The quantitative estimate of drug-likeness (QED) is 0.595. The van der Waals surface area contributed by atoms with E-state index in [9.17, 15) is 0 Å². The van der Waals surface area contributed by atoms with Crippen molar-refractivity contribution in [2.75, 3.05) is 39.4 Å². The fourth-order valence-electron chi connectivity index (χ4n) is 1.55. The Labute approximate surface area is 81.2 Å². The van der Waals surface area contributed by atoms with Gasteiger partial charge in [0.1, 0.15) is 0 Å². The maximum absolute atomic E-state index is 5.53. The van der Waals surface area contributed by atoms with Crippen LogP contribution in [-0.2, 0) is 4.74 Å². The van der Waals surface area contributed by atoms with Crippen molar-refractivity contribution in [2.24, 2.45) is 11.7 Å². The molecule has 0 aliphatic carbocycles. The molecular formula is C10H22N2O. The van der Waals surface area contributed by atoms with Crippen LogP contribution in [0.3, 0.4) is 0 Å². The summed E-state index contributed by atoms with van der Waals surface area (Å²) in [6.45, 7) is 8.27. The lowest BCUT2D eigenvalue weighted by Gasteiger charge is -2.38. The van der Waals surface area contributed by atoms with Gasteiger partial charge in [0, 0.05) is 26.2 Å². The fourth-order valence-corrected chi connectivity index (χ4v) is 1.55. The largest absolute Gasteiger partial charge is 0.380 e. The predicted molar refractivity (Wildman–Crippen MR) is 54.7 cm³/mol. The van der Waals surface area contributed by atoms with E-state index in [0.717, 1.165) is 32.2 Å². The highest BCUT2D eigenvalue weighted by molar-refractivity contribution is 4.79. The number of nitrogens with zero attached hydrogens (tertiary/aromatic N) is 1. The third kappa shape index (κ3) is 4.07. The van der Waals surface area contributed by atoms with Crippen molar-refractivity contribution in [3.8, 4) is 0 Å². The molecule has 0 bridgehead atoms. The number of rotatable bonds is 7. The summed E-state index contributed by atoms with van der Waals surface area (Å²) in [5.74, 6) is 0.746. The van der Waals surface area contributed by atoms with Gasteiger partial charge in [-0.25, -0.2) is 0 Å². The van der Waals surface area contributed by atoms with Gasteiger partial charge in [-0.1, -0.05) is 13.3 Å². The monoisotopic (exact) mass is 186 g/mol. The molecule has 1 aliphatic rings. The van der Waals surface area contributed by atoms with E-state index >= 15 is 0 Å². The molecule has 78 valence electrons. The third-order valence-electron chi connectivity index (χ3n) is 2.56. The number of likely N-dealkylation sites (tertiary alicyclic amines) is 1. The Morgan fingerprint density at radius 3 is 2.77 bits per heavy atom. The molecule has 1 heterocycles. The Morgan fingerprint density at radius 1 is 1.38 bits per heavy atom. The first-order chi connectivity index (χ1) is 6.36. The first-order valence-electron chi connectivity index (χ1n) is 5.37. The van der Waals surface area contributed by atoms with Crippen molar-refractivity contribution >= 4 is 0 Å². The molecule has 13 heavy (non-hydrogen) atoms. The van der Waals surface area contributed by atoms with E-state index < -0.39 is 0 Å². The van der Waals surface area contributed by atoms with Crippen LogP contribution in [-0.4, -0.2) is 44.3 Å². The Bertz CT molecular complexity index is 124. The molecular weight excluding hydrogens is 164 g/mol. The number of unbranched alkanes of at least 4 members (excludes halogenated alkanes) is 1. The highest BCUT2D eigenvalue weighted by Crippen LogP contribution is 2.12. The van der Waals surface area contributed by atoms with Gasteiger partial charge in [-0.2, -0.15) is 0 Å². The molecule has 0 spiro atoms. The van der Waals surface area contributed by atoms with Gasteiger partial charge in [-0.15, -0.1) is 0 Å². The lowest BCUT2D eigenvalue weighted by atomic mass is 10.0. The molecule has 0 atom stereocenters. The minimum absolute atomic E-state index is 0.746. The van der Waals surface area contributed by atoms with Crippen molar-refractivity contribution in [3.05, 3.63) is 0 Å². The van der Waals surface area contributed by atoms with Crippen molar-refractivity contribution in [2.45, 2.75) is 19.8 Å². The molecule has 0 amide bonds. The summed E-state index contributed by atoms with van der Waals surface area (Å²) < 4.78 is 5.48. The standard InChI is InChI=1S/C10H22N2O/c1-2-3-5-13-6-4-12-8-10(7-11)9-12/h10H,2-9,11H2,1H3. The minimum atomic E-state index is 0.746. The van der Waals surface area contributed by atoms with Crippen molar-refractivity contribution < 1.29 is 4.74 Å². The number of hydrogen-bond acceptors (Lipinski definition) is 3. The molecule has 1 fully saturated rings. The van der Waals surface area contributed by atoms with Gasteiger partial charge in [-0.05, 0) is 18.9 Å². The van der Waals surface area contributed by atoms with Crippen molar-refractivity contribution in [1.82, 2.24) is 4.90 Å². The maximum atomic E-state index is 5.53. The molecule has 0 unspecified atom stereocenters. The molecule has 1 aliphatic heterocycles. The van der Waals surface area contributed by atoms with E-state index in [-0.39, 0.29) is 0 Å². The molecule has 0 aromatic rings. The van der Waals surface area contributed by atoms with Gasteiger partial charge in [0.2, 0.25) is 0 Å². The van der Waals surface area contributed by atoms with Gasteiger partial charge in [-0.3, -0.25) is 0 Å². The average molecular weight is 186 g/mol. The first-order valence-corrected chi connectivity index (χ1v) is 5.37. The summed E-state index contributed by atoms with van der Waals surface area (Å²) in [7, 11) is 0. The second-order valence-corrected chi connectivity index (χ2v) is 3.83. The van der Waals surface area contributed by atoms with Crippen LogP contribution in [0.2, 0.25) is 0 Å². The lowest BCUT2D eigenvalue weighted by molar-refractivity contribution is 0.0503. The van der Waals surface area contributed by atoms with Crippen LogP contribution in [0.4, 0.5) is 0 Å². The summed E-state index contributed by atoms with van der Waals surface area (Å²) in [5, 5.41) is 0. The fraction of sp³-hybridized carbons (Fsp3) is 1.00. The normalized spacial score (nSPS) is 18.9. The molecule has 3 heteroatoms. The van der Waals surface area contributed by atoms with Gasteiger partial charge in [0.25, 0.3) is 0 Å². The molecule has 0 aromatic carbocycles. The minimum Gasteiger partial charge on any atom is -0.380 e. The van der Waals surface area contributed by atoms with Gasteiger partial charge in [0.05, 0.1) is 6.61 Å². The topological polar surface area (TPSA) is 38.5 Å². The molecule has 2 N–H and O–H groups in total. The number of hydrogen-bond donors (Lipinski definition) is 1. The van der Waals surface area contributed by atoms with Crippen LogP contribution in [0.25, 0.3) is 0 Å². The molecule has 3 nitrogen and oxygen atoms in total. The Kier molecular flexibility index (Phi) is 5.35. The van der Waals surface area contributed by atoms with E-state index in [2.05, 4.69) is 11.8 Å². The third-order valence-corrected chi connectivity index (χ3v) is 2.56. The zero-order valence-electron chi connectivity index (χ0n) is 8.67. The zero-order valence-corrected chi connectivity index (χ0v) is 8.67. The van der Waals surface area contributed by atoms with E-state index in [1.807, 2.05) is 0 Å². The van der Waals surface area contributed by atoms with Gasteiger partial charge < -0.3 is 15.4 Å². The van der Waals surface area contributed by atoms with Crippen molar-refractivity contribution in [3.63, 3.8) is 0 Å². The SMILES string of the molecule is CCCCOCCN1CC(CN)C1. The number of nitrogens with two attached hydrogens (primary N) is 1. The van der Waals surface area contributed by atoms with Crippen molar-refractivity contribution in [1.29, 1.82) is 0 Å². The molecule has 1 saturated heterocycles. The van der Waals surface area contributed by atoms with E-state index in [4.69, 9.17) is 10.5 Å². The highest BCUT2D eigenvalue weighted by Gasteiger charge is 2.24. The van der Waals surface area contributed by atoms with Crippen LogP contribution in [0.15, 0.2) is 0 Å². The van der Waals surface area contributed by atoms with Crippen LogP contribution < -0.4 is 5.73 Å². The van der Waals surface area contributed by atoms with Crippen LogP contribution in [0.5, 0.6) is 0 Å². The van der Waals surface area contributed by atoms with Crippen LogP contribution in [0.1, 0.15) is 19.8 Å². The second kappa shape index (κ2) is 6.35. The second-order valence-electron chi connectivity index (χ2n) is 3.83. The van der Waals surface area contributed by atoms with E-state index in [0.29, 0.717) is 0 Å². The summed E-state index contributed by atoms with van der Waals surface area (Å²) in [4.78, 5) is 2.41. The lowest BCUT2D eigenvalue weighted by Crippen LogP contribution is -2.50. The smallest absolute Gasteiger partial charge is 0.0593 e. The highest BCUT2D eigenvalue weighted by atomic mass is 16.5. The Hall–Kier alpha value is -0.120. The van der Waals surface area contributed by atoms with E-state index in [1.54, 1.807) is 0 Å². The molecule has 0 radical (unpaired) electrons. The summed E-state index contributed by atoms with van der Waals surface area (Å²) in [6, 6.07) is 0. The van der Waals surface area contributed by atoms with Gasteiger partial charge >= 0.3 is 0 Å². The molecule has 1 rings (SSSR count).